The second-order valence-electron chi connectivity index (χ2n) is 7.86. The normalized spacial score (nSPS) is 15.6. The number of hydrogen-bond donors (Lipinski definition) is 1. The maximum absolute atomic E-state index is 13.6. The van der Waals surface area contributed by atoms with Gasteiger partial charge in [-0.1, -0.05) is 6.07 Å². The number of aryl methyl sites for hydroxylation is 1. The Hall–Kier alpha value is -4.15. The second kappa shape index (κ2) is 8.08. The number of imidazole rings is 1. The van der Waals surface area contributed by atoms with Crippen molar-refractivity contribution in [1.82, 2.24) is 34.2 Å². The number of carbonyl (C=O) groups excluding carboxylic acids is 1. The maximum Gasteiger partial charge on any atom is 0.290 e. The first kappa shape index (κ1) is 20.7. The van der Waals surface area contributed by atoms with Crippen molar-refractivity contribution in [3.63, 3.8) is 0 Å². The molecule has 1 N–H and O–H groups in total. The molecule has 1 aromatic carbocycles. The van der Waals surface area contributed by atoms with Gasteiger partial charge in [-0.05, 0) is 30.7 Å². The number of fused-ring (bicyclic) bond motifs is 1. The van der Waals surface area contributed by atoms with Gasteiger partial charge in [-0.3, -0.25) is 9.48 Å². The van der Waals surface area contributed by atoms with Crippen molar-refractivity contribution in [2.24, 2.45) is 7.05 Å². The van der Waals surface area contributed by atoms with Crippen molar-refractivity contribution in [1.29, 1.82) is 0 Å². The molecule has 3 aromatic heterocycles. The lowest BCUT2D eigenvalue weighted by Gasteiger charge is -2.33. The van der Waals surface area contributed by atoms with E-state index in [2.05, 4.69) is 25.4 Å². The van der Waals surface area contributed by atoms with Crippen LogP contribution in [0, 0.1) is 11.6 Å². The third kappa shape index (κ3) is 3.93. The topological polar surface area (TPSA) is 93.8 Å². The summed E-state index contributed by atoms with van der Waals surface area (Å²) >= 11 is 0. The molecule has 0 unspecified atom stereocenters. The van der Waals surface area contributed by atoms with E-state index in [4.69, 9.17) is 0 Å². The van der Waals surface area contributed by atoms with Gasteiger partial charge in [0, 0.05) is 44.6 Å². The number of nitrogens with one attached hydrogen (secondary N) is 1. The summed E-state index contributed by atoms with van der Waals surface area (Å²) in [6, 6.07) is 7.01. The van der Waals surface area contributed by atoms with Crippen molar-refractivity contribution in [3.05, 3.63) is 71.9 Å². The Balaban J connectivity index is 1.40. The van der Waals surface area contributed by atoms with Crippen molar-refractivity contribution in [2.75, 3.05) is 5.32 Å². The first-order valence-corrected chi connectivity index (χ1v) is 10.3. The summed E-state index contributed by atoms with van der Waals surface area (Å²) in [5.41, 5.74) is 1.61. The number of amides is 1. The second-order valence-corrected chi connectivity index (χ2v) is 7.86. The molecule has 4 aromatic rings. The fourth-order valence-corrected chi connectivity index (χ4v) is 3.80. The molecule has 0 spiro atoms. The lowest BCUT2D eigenvalue weighted by atomic mass is 10.1. The third-order valence-electron chi connectivity index (χ3n) is 5.54. The molecule has 0 radical (unpaired) electrons. The minimum atomic E-state index is -0.937. The Bertz CT molecular complexity index is 1350. The zero-order valence-electron chi connectivity index (χ0n) is 17.9. The Morgan fingerprint density at radius 1 is 1.09 bits per heavy atom. The molecular weight excluding hydrogens is 430 g/mol. The SMILES string of the molecule is C[C@H]1Cn2cc(-c3ccnc(Nc4ccnn4C)n3)nc2C(=O)N1Cc1ccc(F)c(F)c1. The quantitative estimate of drug-likeness (QED) is 0.502. The summed E-state index contributed by atoms with van der Waals surface area (Å²) in [7, 11) is 1.80. The van der Waals surface area contributed by atoms with Crippen LogP contribution in [-0.4, -0.2) is 46.1 Å². The van der Waals surface area contributed by atoms with Crippen molar-refractivity contribution >= 4 is 17.7 Å². The van der Waals surface area contributed by atoms with Gasteiger partial charge in [0.1, 0.15) is 11.5 Å². The molecule has 1 aliphatic heterocycles. The van der Waals surface area contributed by atoms with Crippen LogP contribution >= 0.6 is 0 Å². The van der Waals surface area contributed by atoms with Gasteiger partial charge in [-0.15, -0.1) is 0 Å². The predicted octanol–water partition coefficient (Wildman–Crippen LogP) is 3.14. The van der Waals surface area contributed by atoms with Crippen LogP contribution in [0.1, 0.15) is 23.1 Å². The van der Waals surface area contributed by atoms with E-state index in [9.17, 15) is 13.6 Å². The highest BCUT2D eigenvalue weighted by Crippen LogP contribution is 2.25. The first-order chi connectivity index (χ1) is 15.9. The van der Waals surface area contributed by atoms with E-state index >= 15 is 0 Å². The number of aromatic nitrogens is 6. The van der Waals surface area contributed by atoms with Crippen LogP contribution in [0.2, 0.25) is 0 Å². The average molecular weight is 450 g/mol. The lowest BCUT2D eigenvalue weighted by Crippen LogP contribution is -2.46. The van der Waals surface area contributed by atoms with Gasteiger partial charge in [0.05, 0.1) is 11.9 Å². The zero-order chi connectivity index (χ0) is 23.1. The number of anilines is 2. The number of carbonyl (C=O) groups is 1. The predicted molar refractivity (Wildman–Crippen MR) is 115 cm³/mol. The highest BCUT2D eigenvalue weighted by molar-refractivity contribution is 5.92. The molecule has 33 heavy (non-hydrogen) atoms. The molecule has 1 amide bonds. The highest BCUT2D eigenvalue weighted by Gasteiger charge is 2.32. The van der Waals surface area contributed by atoms with E-state index in [-0.39, 0.29) is 24.3 Å². The van der Waals surface area contributed by atoms with E-state index in [0.29, 0.717) is 29.4 Å². The summed E-state index contributed by atoms with van der Waals surface area (Å²) < 4.78 is 30.3. The van der Waals surface area contributed by atoms with Gasteiger partial charge in [-0.25, -0.2) is 23.7 Å². The number of rotatable bonds is 5. The van der Waals surface area contributed by atoms with Crippen molar-refractivity contribution < 1.29 is 13.6 Å². The molecule has 0 saturated carbocycles. The van der Waals surface area contributed by atoms with Crippen LogP contribution in [0.3, 0.4) is 0 Å². The molecule has 1 atom stereocenters. The number of benzene rings is 1. The molecule has 0 fully saturated rings. The molecule has 0 saturated heterocycles. The van der Waals surface area contributed by atoms with Gasteiger partial charge in [-0.2, -0.15) is 5.10 Å². The van der Waals surface area contributed by atoms with Crippen LogP contribution in [0.5, 0.6) is 0 Å². The molecule has 0 bridgehead atoms. The fraction of sp³-hybridized carbons (Fsp3) is 0.227. The lowest BCUT2D eigenvalue weighted by molar-refractivity contribution is 0.0587. The first-order valence-electron chi connectivity index (χ1n) is 10.3. The molecular formula is C22H20F2N8O. The molecule has 4 heterocycles. The monoisotopic (exact) mass is 450 g/mol. The third-order valence-corrected chi connectivity index (χ3v) is 5.54. The van der Waals surface area contributed by atoms with Gasteiger partial charge in [0.25, 0.3) is 5.91 Å². The Morgan fingerprint density at radius 2 is 1.94 bits per heavy atom. The van der Waals surface area contributed by atoms with Gasteiger partial charge in [0.15, 0.2) is 17.5 Å². The summed E-state index contributed by atoms with van der Waals surface area (Å²) in [6.45, 7) is 2.58. The minimum Gasteiger partial charge on any atom is -0.327 e. The number of halogens is 2. The van der Waals surface area contributed by atoms with Gasteiger partial charge < -0.3 is 14.8 Å². The van der Waals surface area contributed by atoms with E-state index in [0.717, 1.165) is 18.0 Å². The molecule has 11 heteroatoms. The van der Waals surface area contributed by atoms with Crippen LogP contribution in [0.4, 0.5) is 20.5 Å². The Morgan fingerprint density at radius 3 is 2.70 bits per heavy atom. The van der Waals surface area contributed by atoms with E-state index in [1.165, 1.54) is 6.07 Å². The van der Waals surface area contributed by atoms with Crippen molar-refractivity contribution in [3.8, 4) is 11.4 Å². The molecule has 168 valence electrons. The van der Waals surface area contributed by atoms with Crippen molar-refractivity contribution in [2.45, 2.75) is 26.1 Å². The van der Waals surface area contributed by atoms with E-state index in [1.807, 2.05) is 6.92 Å². The van der Waals surface area contributed by atoms with E-state index < -0.39 is 11.6 Å². The minimum absolute atomic E-state index is 0.158. The van der Waals surface area contributed by atoms with Gasteiger partial charge in [0.2, 0.25) is 5.95 Å². The Kier molecular flexibility index (Phi) is 5.08. The summed E-state index contributed by atoms with van der Waals surface area (Å²) in [5.74, 6) is -0.765. The standard InChI is InChI=1S/C22H20F2N8O/c1-13-10-31-12-18(17-5-7-25-22(28-17)29-19-6-8-26-30(19)2)27-20(31)21(33)32(13)11-14-3-4-15(23)16(24)9-14/h3-9,12-13H,10-11H2,1-2H3,(H,25,28,29)/t13-/m0/s1. The summed E-state index contributed by atoms with van der Waals surface area (Å²) in [4.78, 5) is 28.0. The van der Waals surface area contributed by atoms with Crippen LogP contribution in [0.25, 0.3) is 11.4 Å². The number of nitrogens with zero attached hydrogens (tertiary/aromatic N) is 7. The molecule has 0 aliphatic carbocycles. The highest BCUT2D eigenvalue weighted by atomic mass is 19.2. The van der Waals surface area contributed by atoms with Crippen LogP contribution in [0.15, 0.2) is 48.9 Å². The zero-order valence-corrected chi connectivity index (χ0v) is 17.9. The van der Waals surface area contributed by atoms with Crippen LogP contribution < -0.4 is 5.32 Å². The largest absolute Gasteiger partial charge is 0.327 e. The average Bonchev–Trinajstić information content (AvgIpc) is 3.40. The Labute approximate surface area is 187 Å². The number of hydrogen-bond acceptors (Lipinski definition) is 6. The van der Waals surface area contributed by atoms with E-state index in [1.54, 1.807) is 51.9 Å². The molecule has 9 nitrogen and oxygen atoms in total. The van der Waals surface area contributed by atoms with Crippen LogP contribution in [-0.2, 0) is 20.1 Å². The summed E-state index contributed by atoms with van der Waals surface area (Å²) in [5, 5.41) is 7.19. The smallest absolute Gasteiger partial charge is 0.290 e. The summed E-state index contributed by atoms with van der Waals surface area (Å²) in [6.07, 6.45) is 5.06. The molecule has 1 aliphatic rings. The molecule has 5 rings (SSSR count). The maximum atomic E-state index is 13.6. The van der Waals surface area contributed by atoms with Gasteiger partial charge >= 0.3 is 0 Å². The fourth-order valence-electron chi connectivity index (χ4n) is 3.80.